The van der Waals surface area contributed by atoms with Gasteiger partial charge in [-0.05, 0) is 36.6 Å². The highest BCUT2D eigenvalue weighted by Crippen LogP contribution is 2.33. The molecule has 0 fully saturated rings. The van der Waals surface area contributed by atoms with E-state index in [1.165, 1.54) is 22.3 Å². The SMILES string of the molecule is COc1cc(C)cc(C)c1-c1ccccc1. The highest BCUT2D eigenvalue weighted by atomic mass is 16.5. The number of rotatable bonds is 2. The minimum atomic E-state index is 0.948. The van der Waals surface area contributed by atoms with E-state index in [0.717, 1.165) is 5.75 Å². The molecule has 0 unspecified atom stereocenters. The molecule has 0 atom stereocenters. The molecule has 0 amide bonds. The van der Waals surface area contributed by atoms with Crippen molar-refractivity contribution >= 4 is 0 Å². The maximum absolute atomic E-state index is 5.46. The minimum Gasteiger partial charge on any atom is -0.496 e. The van der Waals surface area contributed by atoms with E-state index in [9.17, 15) is 0 Å². The standard InChI is InChI=1S/C15H16O/c1-11-9-12(2)15(14(10-11)16-3)13-7-5-4-6-8-13/h4-10H,1-3H3. The summed E-state index contributed by atoms with van der Waals surface area (Å²) in [6.07, 6.45) is 0. The summed E-state index contributed by atoms with van der Waals surface area (Å²) in [4.78, 5) is 0. The summed E-state index contributed by atoms with van der Waals surface area (Å²) in [5.74, 6) is 0.948. The second-order valence-electron chi connectivity index (χ2n) is 4.03. The van der Waals surface area contributed by atoms with Crippen molar-refractivity contribution in [2.24, 2.45) is 0 Å². The Bertz CT molecular complexity index is 486. The summed E-state index contributed by atoms with van der Waals surface area (Å²) in [6.45, 7) is 4.21. The lowest BCUT2D eigenvalue weighted by molar-refractivity contribution is 0.416. The van der Waals surface area contributed by atoms with Gasteiger partial charge >= 0.3 is 0 Å². The molecule has 0 spiro atoms. The highest BCUT2D eigenvalue weighted by Gasteiger charge is 2.09. The fourth-order valence-electron chi connectivity index (χ4n) is 2.06. The van der Waals surface area contributed by atoms with E-state index >= 15 is 0 Å². The maximum Gasteiger partial charge on any atom is 0.127 e. The summed E-state index contributed by atoms with van der Waals surface area (Å²) in [5, 5.41) is 0. The van der Waals surface area contributed by atoms with E-state index < -0.39 is 0 Å². The molecule has 0 aliphatic heterocycles. The van der Waals surface area contributed by atoms with Gasteiger partial charge in [-0.25, -0.2) is 0 Å². The Morgan fingerprint density at radius 2 is 1.62 bits per heavy atom. The first-order valence-corrected chi connectivity index (χ1v) is 5.43. The van der Waals surface area contributed by atoms with Gasteiger partial charge in [-0.1, -0.05) is 36.4 Å². The fourth-order valence-corrected chi connectivity index (χ4v) is 2.06. The summed E-state index contributed by atoms with van der Waals surface area (Å²) in [7, 11) is 1.72. The second kappa shape index (κ2) is 4.40. The normalized spacial score (nSPS) is 10.2. The molecule has 82 valence electrons. The average Bonchev–Trinajstić information content (AvgIpc) is 2.29. The molecule has 2 aromatic carbocycles. The largest absolute Gasteiger partial charge is 0.496 e. The average molecular weight is 212 g/mol. The first-order valence-electron chi connectivity index (χ1n) is 5.43. The molecule has 2 aromatic rings. The predicted octanol–water partition coefficient (Wildman–Crippen LogP) is 3.98. The van der Waals surface area contributed by atoms with Gasteiger partial charge in [0.2, 0.25) is 0 Å². The van der Waals surface area contributed by atoms with Crippen LogP contribution in [0, 0.1) is 13.8 Å². The lowest BCUT2D eigenvalue weighted by Crippen LogP contribution is -1.92. The van der Waals surface area contributed by atoms with E-state index in [0.29, 0.717) is 0 Å². The third kappa shape index (κ3) is 1.94. The summed E-state index contributed by atoms with van der Waals surface area (Å²) in [6, 6.07) is 14.6. The van der Waals surface area contributed by atoms with E-state index in [4.69, 9.17) is 4.74 Å². The summed E-state index contributed by atoms with van der Waals surface area (Å²) in [5.41, 5.74) is 4.88. The molecule has 1 heteroatoms. The molecule has 0 aromatic heterocycles. The van der Waals surface area contributed by atoms with Gasteiger partial charge in [0.15, 0.2) is 0 Å². The van der Waals surface area contributed by atoms with Gasteiger partial charge in [-0.15, -0.1) is 0 Å². The molecule has 0 aliphatic rings. The molecule has 0 saturated heterocycles. The molecule has 0 saturated carbocycles. The van der Waals surface area contributed by atoms with Crippen LogP contribution in [0.15, 0.2) is 42.5 Å². The van der Waals surface area contributed by atoms with Gasteiger partial charge in [0.1, 0.15) is 5.75 Å². The molecule has 0 N–H and O–H groups in total. The zero-order chi connectivity index (χ0) is 11.5. The Kier molecular flexibility index (Phi) is 2.95. The lowest BCUT2D eigenvalue weighted by Gasteiger charge is -2.13. The van der Waals surface area contributed by atoms with Crippen molar-refractivity contribution in [1.82, 2.24) is 0 Å². The van der Waals surface area contributed by atoms with E-state index in [1.54, 1.807) is 7.11 Å². The first-order chi connectivity index (χ1) is 7.72. The Hall–Kier alpha value is -1.76. The van der Waals surface area contributed by atoms with E-state index in [-0.39, 0.29) is 0 Å². The first kappa shape index (κ1) is 10.7. The van der Waals surface area contributed by atoms with Crippen molar-refractivity contribution in [1.29, 1.82) is 0 Å². The smallest absolute Gasteiger partial charge is 0.127 e. The van der Waals surface area contributed by atoms with Crippen molar-refractivity contribution in [2.75, 3.05) is 7.11 Å². The minimum absolute atomic E-state index is 0.948. The van der Waals surface area contributed by atoms with Gasteiger partial charge in [-0.2, -0.15) is 0 Å². The lowest BCUT2D eigenvalue weighted by atomic mass is 9.97. The molecule has 0 radical (unpaired) electrons. The van der Waals surface area contributed by atoms with E-state index in [1.807, 2.05) is 18.2 Å². The Labute approximate surface area is 96.7 Å². The van der Waals surface area contributed by atoms with Crippen LogP contribution in [0.3, 0.4) is 0 Å². The number of ether oxygens (including phenoxy) is 1. The third-order valence-electron chi connectivity index (χ3n) is 2.73. The molecule has 0 aliphatic carbocycles. The number of benzene rings is 2. The Balaban J connectivity index is 2.64. The van der Waals surface area contributed by atoms with Crippen LogP contribution in [-0.4, -0.2) is 7.11 Å². The maximum atomic E-state index is 5.46. The van der Waals surface area contributed by atoms with Crippen molar-refractivity contribution in [3.05, 3.63) is 53.6 Å². The number of methoxy groups -OCH3 is 1. The van der Waals surface area contributed by atoms with Crippen LogP contribution in [0.1, 0.15) is 11.1 Å². The van der Waals surface area contributed by atoms with Crippen molar-refractivity contribution < 1.29 is 4.74 Å². The van der Waals surface area contributed by atoms with E-state index in [2.05, 4.69) is 38.1 Å². The fraction of sp³-hybridized carbons (Fsp3) is 0.200. The van der Waals surface area contributed by atoms with Gasteiger partial charge in [0, 0.05) is 5.56 Å². The number of hydrogen-bond acceptors (Lipinski definition) is 1. The Morgan fingerprint density at radius 1 is 0.938 bits per heavy atom. The number of aryl methyl sites for hydroxylation is 2. The molecule has 2 rings (SSSR count). The highest BCUT2D eigenvalue weighted by molar-refractivity contribution is 5.74. The van der Waals surface area contributed by atoms with Crippen molar-refractivity contribution in [3.63, 3.8) is 0 Å². The van der Waals surface area contributed by atoms with Crippen LogP contribution in [0.2, 0.25) is 0 Å². The monoisotopic (exact) mass is 212 g/mol. The van der Waals surface area contributed by atoms with Crippen molar-refractivity contribution in [3.8, 4) is 16.9 Å². The predicted molar refractivity (Wildman–Crippen MR) is 67.9 cm³/mol. The summed E-state index contributed by atoms with van der Waals surface area (Å²) >= 11 is 0. The van der Waals surface area contributed by atoms with Gasteiger partial charge in [0.25, 0.3) is 0 Å². The van der Waals surface area contributed by atoms with Crippen molar-refractivity contribution in [2.45, 2.75) is 13.8 Å². The quantitative estimate of drug-likeness (QED) is 0.731. The second-order valence-corrected chi connectivity index (χ2v) is 4.03. The van der Waals surface area contributed by atoms with Crippen LogP contribution in [0.25, 0.3) is 11.1 Å². The summed E-state index contributed by atoms with van der Waals surface area (Å²) < 4.78 is 5.46. The molecule has 1 nitrogen and oxygen atoms in total. The molecular formula is C15H16O. The van der Waals surface area contributed by atoms with Gasteiger partial charge in [-0.3, -0.25) is 0 Å². The van der Waals surface area contributed by atoms with Crippen LogP contribution in [-0.2, 0) is 0 Å². The Morgan fingerprint density at radius 3 is 2.25 bits per heavy atom. The van der Waals surface area contributed by atoms with Crippen LogP contribution >= 0.6 is 0 Å². The molecule has 16 heavy (non-hydrogen) atoms. The molecule has 0 heterocycles. The molecule has 0 bridgehead atoms. The van der Waals surface area contributed by atoms with Crippen LogP contribution in [0.4, 0.5) is 0 Å². The topological polar surface area (TPSA) is 9.23 Å². The molecular weight excluding hydrogens is 196 g/mol. The van der Waals surface area contributed by atoms with Crippen LogP contribution < -0.4 is 4.74 Å². The third-order valence-corrected chi connectivity index (χ3v) is 2.73. The zero-order valence-corrected chi connectivity index (χ0v) is 9.95. The van der Waals surface area contributed by atoms with Gasteiger partial charge in [0.05, 0.1) is 7.11 Å². The van der Waals surface area contributed by atoms with Gasteiger partial charge < -0.3 is 4.74 Å². The van der Waals surface area contributed by atoms with Crippen LogP contribution in [0.5, 0.6) is 5.75 Å². The number of hydrogen-bond donors (Lipinski definition) is 0. The zero-order valence-electron chi connectivity index (χ0n) is 9.95.